The molecule has 0 radical (unpaired) electrons. The predicted octanol–water partition coefficient (Wildman–Crippen LogP) is 4.63. The van der Waals surface area contributed by atoms with E-state index in [0.717, 1.165) is 17.6 Å². The number of hydrogen-bond donors (Lipinski definition) is 1. The molecule has 0 heterocycles. The number of ether oxygens (including phenoxy) is 1. The van der Waals surface area contributed by atoms with Crippen LogP contribution in [0.5, 0.6) is 5.75 Å². The topological polar surface area (TPSA) is 21.3 Å². The molecule has 0 aromatic heterocycles. The molecule has 1 N–H and O–H groups in total. The van der Waals surface area contributed by atoms with Crippen molar-refractivity contribution in [2.24, 2.45) is 11.8 Å². The lowest BCUT2D eigenvalue weighted by Gasteiger charge is -2.33. The summed E-state index contributed by atoms with van der Waals surface area (Å²) in [5.74, 6) is 2.62. The molecule has 0 saturated heterocycles. The third-order valence-corrected chi connectivity index (χ3v) is 4.45. The van der Waals surface area contributed by atoms with Crippen molar-refractivity contribution in [1.29, 1.82) is 0 Å². The molecule has 0 bridgehead atoms. The van der Waals surface area contributed by atoms with Gasteiger partial charge >= 0.3 is 0 Å². The second-order valence-electron chi connectivity index (χ2n) is 6.19. The van der Waals surface area contributed by atoms with E-state index in [1.165, 1.54) is 36.9 Å². The zero-order valence-corrected chi connectivity index (χ0v) is 12.7. The van der Waals surface area contributed by atoms with Crippen LogP contribution in [0.15, 0.2) is 18.2 Å². The van der Waals surface area contributed by atoms with Gasteiger partial charge in [-0.25, -0.2) is 0 Å². The molecular weight excluding hydrogens is 234 g/mol. The highest BCUT2D eigenvalue weighted by molar-refractivity contribution is 5.54. The Hall–Kier alpha value is -1.18. The second kappa shape index (κ2) is 6.31. The first kappa shape index (κ1) is 14.2. The summed E-state index contributed by atoms with van der Waals surface area (Å²) in [7, 11) is 1.72. The molecule has 1 aromatic rings. The van der Waals surface area contributed by atoms with Gasteiger partial charge < -0.3 is 10.1 Å². The summed E-state index contributed by atoms with van der Waals surface area (Å²) in [6.45, 7) is 6.85. The zero-order chi connectivity index (χ0) is 13.8. The van der Waals surface area contributed by atoms with Crippen LogP contribution in [0.25, 0.3) is 0 Å². The molecule has 106 valence electrons. The molecule has 1 aliphatic rings. The van der Waals surface area contributed by atoms with Crippen LogP contribution in [0.2, 0.25) is 0 Å². The van der Waals surface area contributed by atoms with E-state index in [2.05, 4.69) is 38.2 Å². The number of hydrogen-bond acceptors (Lipinski definition) is 2. The zero-order valence-electron chi connectivity index (χ0n) is 12.7. The summed E-state index contributed by atoms with van der Waals surface area (Å²) in [6.07, 6.45) is 5.37. The number of benzene rings is 1. The van der Waals surface area contributed by atoms with Gasteiger partial charge in [-0.3, -0.25) is 0 Å². The minimum Gasteiger partial charge on any atom is -0.497 e. The van der Waals surface area contributed by atoms with Crippen LogP contribution >= 0.6 is 0 Å². The van der Waals surface area contributed by atoms with Crippen molar-refractivity contribution in [2.75, 3.05) is 12.4 Å². The van der Waals surface area contributed by atoms with Crippen molar-refractivity contribution in [3.63, 3.8) is 0 Å². The highest BCUT2D eigenvalue weighted by Crippen LogP contribution is 2.32. The lowest BCUT2D eigenvalue weighted by Crippen LogP contribution is -2.29. The largest absolute Gasteiger partial charge is 0.497 e. The second-order valence-corrected chi connectivity index (χ2v) is 6.19. The fraction of sp³-hybridized carbons (Fsp3) is 0.647. The lowest BCUT2D eigenvalue weighted by molar-refractivity contribution is 0.264. The summed E-state index contributed by atoms with van der Waals surface area (Å²) in [5, 5.41) is 3.73. The van der Waals surface area contributed by atoms with E-state index < -0.39 is 0 Å². The summed E-state index contributed by atoms with van der Waals surface area (Å²) >= 11 is 0. The standard InChI is InChI=1S/C17H27NO/c1-12(2)14-6-5-7-15(11-14)18-17-9-8-16(19-4)10-13(17)3/h8-10,12,14-15,18H,5-7,11H2,1-4H3. The van der Waals surface area contributed by atoms with E-state index in [0.29, 0.717) is 6.04 Å². The summed E-state index contributed by atoms with van der Waals surface area (Å²) < 4.78 is 5.26. The number of anilines is 1. The molecular formula is C17H27NO. The van der Waals surface area contributed by atoms with Crippen molar-refractivity contribution in [3.05, 3.63) is 23.8 Å². The van der Waals surface area contributed by atoms with Gasteiger partial charge in [0.15, 0.2) is 0 Å². The molecule has 1 aliphatic carbocycles. The maximum Gasteiger partial charge on any atom is 0.119 e. The van der Waals surface area contributed by atoms with Gasteiger partial charge in [-0.1, -0.05) is 26.7 Å². The molecule has 0 spiro atoms. The average Bonchev–Trinajstić information content (AvgIpc) is 2.41. The minimum atomic E-state index is 0.633. The Bertz CT molecular complexity index is 414. The van der Waals surface area contributed by atoms with Crippen molar-refractivity contribution in [3.8, 4) is 5.75 Å². The third-order valence-electron chi connectivity index (χ3n) is 4.45. The fourth-order valence-corrected chi connectivity index (χ4v) is 3.11. The highest BCUT2D eigenvalue weighted by atomic mass is 16.5. The van der Waals surface area contributed by atoms with Gasteiger partial charge in [0.05, 0.1) is 7.11 Å². The van der Waals surface area contributed by atoms with Gasteiger partial charge in [0.2, 0.25) is 0 Å². The third kappa shape index (κ3) is 3.65. The van der Waals surface area contributed by atoms with Gasteiger partial charge in [0.1, 0.15) is 5.75 Å². The minimum absolute atomic E-state index is 0.633. The Kier molecular flexibility index (Phi) is 4.73. The first-order valence-corrected chi connectivity index (χ1v) is 7.51. The monoisotopic (exact) mass is 261 g/mol. The van der Waals surface area contributed by atoms with Crippen molar-refractivity contribution < 1.29 is 4.74 Å². The summed E-state index contributed by atoms with van der Waals surface area (Å²) in [5.41, 5.74) is 2.53. The molecule has 0 aliphatic heterocycles. The number of methoxy groups -OCH3 is 1. The van der Waals surface area contributed by atoms with Gasteiger partial charge in [-0.05, 0) is 55.4 Å². The van der Waals surface area contributed by atoms with E-state index in [1.807, 2.05) is 6.07 Å². The SMILES string of the molecule is COc1ccc(NC2CCCC(C(C)C)C2)c(C)c1. The van der Waals surface area contributed by atoms with E-state index >= 15 is 0 Å². The molecule has 2 rings (SSSR count). The summed E-state index contributed by atoms with van der Waals surface area (Å²) in [4.78, 5) is 0. The van der Waals surface area contributed by atoms with Gasteiger partial charge in [-0.2, -0.15) is 0 Å². The van der Waals surface area contributed by atoms with E-state index in [4.69, 9.17) is 4.74 Å². The van der Waals surface area contributed by atoms with Crippen LogP contribution in [-0.4, -0.2) is 13.2 Å². The number of aryl methyl sites for hydroxylation is 1. The summed E-state index contributed by atoms with van der Waals surface area (Å²) in [6, 6.07) is 6.92. The van der Waals surface area contributed by atoms with Crippen LogP contribution in [0.1, 0.15) is 45.1 Å². The van der Waals surface area contributed by atoms with Crippen molar-refractivity contribution in [2.45, 2.75) is 52.5 Å². The highest BCUT2D eigenvalue weighted by Gasteiger charge is 2.24. The Labute approximate surface area is 117 Å². The quantitative estimate of drug-likeness (QED) is 0.853. The van der Waals surface area contributed by atoms with Crippen LogP contribution < -0.4 is 10.1 Å². The van der Waals surface area contributed by atoms with E-state index in [9.17, 15) is 0 Å². The van der Waals surface area contributed by atoms with Gasteiger partial charge in [0, 0.05) is 11.7 Å². The molecule has 19 heavy (non-hydrogen) atoms. The lowest BCUT2D eigenvalue weighted by atomic mass is 9.79. The van der Waals surface area contributed by atoms with Crippen molar-refractivity contribution in [1.82, 2.24) is 0 Å². The van der Waals surface area contributed by atoms with E-state index in [-0.39, 0.29) is 0 Å². The first-order chi connectivity index (χ1) is 9.10. The maximum atomic E-state index is 5.26. The van der Waals surface area contributed by atoms with Gasteiger partial charge in [-0.15, -0.1) is 0 Å². The van der Waals surface area contributed by atoms with Crippen LogP contribution in [-0.2, 0) is 0 Å². The van der Waals surface area contributed by atoms with Crippen molar-refractivity contribution >= 4 is 5.69 Å². The average molecular weight is 261 g/mol. The number of nitrogens with one attached hydrogen (secondary N) is 1. The Morgan fingerprint density at radius 3 is 2.68 bits per heavy atom. The number of rotatable bonds is 4. The molecule has 2 unspecified atom stereocenters. The maximum absolute atomic E-state index is 5.26. The smallest absolute Gasteiger partial charge is 0.119 e. The van der Waals surface area contributed by atoms with Crippen LogP contribution in [0.3, 0.4) is 0 Å². The normalized spacial score (nSPS) is 23.4. The Morgan fingerprint density at radius 2 is 2.05 bits per heavy atom. The molecule has 2 heteroatoms. The molecule has 2 nitrogen and oxygen atoms in total. The molecule has 0 amide bonds. The van der Waals surface area contributed by atoms with Crippen LogP contribution in [0, 0.1) is 18.8 Å². The molecule has 1 saturated carbocycles. The molecule has 1 aromatic carbocycles. The van der Waals surface area contributed by atoms with Crippen LogP contribution in [0.4, 0.5) is 5.69 Å². The molecule has 1 fully saturated rings. The molecule has 2 atom stereocenters. The predicted molar refractivity (Wildman–Crippen MR) is 81.9 cm³/mol. The van der Waals surface area contributed by atoms with E-state index in [1.54, 1.807) is 7.11 Å². The van der Waals surface area contributed by atoms with Gasteiger partial charge in [0.25, 0.3) is 0 Å². The fourth-order valence-electron chi connectivity index (χ4n) is 3.11. The Balaban J connectivity index is 2.00. The first-order valence-electron chi connectivity index (χ1n) is 7.51. The Morgan fingerprint density at radius 1 is 1.26 bits per heavy atom.